The van der Waals surface area contributed by atoms with Crippen LogP contribution in [0.3, 0.4) is 0 Å². The topological polar surface area (TPSA) is 51.0 Å². The van der Waals surface area contributed by atoms with Gasteiger partial charge in [0.1, 0.15) is 5.60 Å². The summed E-state index contributed by atoms with van der Waals surface area (Å²) >= 11 is 0. The molecule has 0 aromatic carbocycles. The van der Waals surface area contributed by atoms with Crippen LogP contribution in [0.5, 0.6) is 0 Å². The summed E-state index contributed by atoms with van der Waals surface area (Å²) < 4.78 is 5.19. The monoisotopic (exact) mass is 194 g/mol. The molecule has 1 aliphatic rings. The zero-order valence-electron chi connectivity index (χ0n) is 8.65. The van der Waals surface area contributed by atoms with Gasteiger partial charge in [0.05, 0.1) is 12.1 Å². The van der Waals surface area contributed by atoms with Gasteiger partial charge in [-0.15, -0.1) is 0 Å². The molecule has 0 saturated heterocycles. The first-order valence-electron chi connectivity index (χ1n) is 4.46. The third-order valence-corrected chi connectivity index (χ3v) is 1.43. The van der Waals surface area contributed by atoms with Crippen molar-refractivity contribution in [1.29, 1.82) is 0 Å². The van der Waals surface area contributed by atoms with Crippen LogP contribution in [-0.2, 0) is 9.53 Å². The van der Waals surface area contributed by atoms with Gasteiger partial charge < -0.3 is 4.74 Å². The van der Waals surface area contributed by atoms with Crippen LogP contribution in [0.25, 0.3) is 0 Å². The highest BCUT2D eigenvalue weighted by Crippen LogP contribution is 2.12. The largest absolute Gasteiger partial charge is 0.456 e. The zero-order chi connectivity index (χ0) is 10.6. The van der Waals surface area contributed by atoms with Gasteiger partial charge in [-0.3, -0.25) is 0 Å². The van der Waals surface area contributed by atoms with Crippen LogP contribution in [0, 0.1) is 0 Å². The van der Waals surface area contributed by atoms with E-state index in [4.69, 9.17) is 4.74 Å². The zero-order valence-corrected chi connectivity index (χ0v) is 8.65. The van der Waals surface area contributed by atoms with E-state index in [2.05, 4.69) is 10.2 Å². The maximum Gasteiger partial charge on any atom is 0.338 e. The lowest BCUT2D eigenvalue weighted by atomic mass is 10.2. The molecule has 0 N–H and O–H groups in total. The van der Waals surface area contributed by atoms with Gasteiger partial charge in [0, 0.05) is 6.20 Å². The quantitative estimate of drug-likeness (QED) is 0.601. The SMILES string of the molecule is CC(C)(C)OC(=O)C1=CCN=NC=C1. The maximum atomic E-state index is 11.5. The molecule has 1 aliphatic heterocycles. The summed E-state index contributed by atoms with van der Waals surface area (Å²) in [5.41, 5.74) is 0.0386. The molecule has 0 atom stereocenters. The van der Waals surface area contributed by atoms with E-state index in [1.54, 1.807) is 12.2 Å². The van der Waals surface area contributed by atoms with Gasteiger partial charge in [-0.2, -0.15) is 10.2 Å². The van der Waals surface area contributed by atoms with Crippen LogP contribution in [0.2, 0.25) is 0 Å². The fourth-order valence-corrected chi connectivity index (χ4v) is 0.904. The average molecular weight is 194 g/mol. The van der Waals surface area contributed by atoms with Crippen molar-refractivity contribution in [2.45, 2.75) is 26.4 Å². The van der Waals surface area contributed by atoms with Crippen molar-refractivity contribution in [3.63, 3.8) is 0 Å². The summed E-state index contributed by atoms with van der Waals surface area (Å²) in [7, 11) is 0. The smallest absolute Gasteiger partial charge is 0.338 e. The molecule has 76 valence electrons. The molecule has 0 unspecified atom stereocenters. The molecule has 0 bridgehead atoms. The van der Waals surface area contributed by atoms with Crippen molar-refractivity contribution in [3.8, 4) is 0 Å². The minimum Gasteiger partial charge on any atom is -0.456 e. The Kier molecular flexibility index (Phi) is 3.17. The number of ether oxygens (including phenoxy) is 1. The highest BCUT2D eigenvalue weighted by Gasteiger charge is 2.18. The summed E-state index contributed by atoms with van der Waals surface area (Å²) in [5.74, 6) is -0.332. The number of nitrogens with zero attached hydrogens (tertiary/aromatic N) is 2. The van der Waals surface area contributed by atoms with Gasteiger partial charge in [-0.1, -0.05) is 0 Å². The van der Waals surface area contributed by atoms with E-state index in [0.717, 1.165) is 0 Å². The summed E-state index contributed by atoms with van der Waals surface area (Å²) in [6.07, 6.45) is 4.79. The highest BCUT2D eigenvalue weighted by atomic mass is 16.6. The lowest BCUT2D eigenvalue weighted by molar-refractivity contribution is -0.149. The molecule has 14 heavy (non-hydrogen) atoms. The number of rotatable bonds is 1. The van der Waals surface area contributed by atoms with Crippen LogP contribution in [0.15, 0.2) is 34.2 Å². The molecular weight excluding hydrogens is 180 g/mol. The molecule has 0 amide bonds. The molecule has 0 saturated carbocycles. The van der Waals surface area contributed by atoms with Crippen molar-refractivity contribution in [2.75, 3.05) is 6.54 Å². The number of hydrogen-bond acceptors (Lipinski definition) is 4. The van der Waals surface area contributed by atoms with Crippen molar-refractivity contribution in [2.24, 2.45) is 10.2 Å². The molecule has 1 rings (SSSR count). The van der Waals surface area contributed by atoms with Gasteiger partial charge in [-0.25, -0.2) is 4.79 Å². The molecule has 0 fully saturated rings. The molecule has 0 aliphatic carbocycles. The minimum atomic E-state index is -0.466. The molecule has 4 nitrogen and oxygen atoms in total. The Morgan fingerprint density at radius 2 is 2.21 bits per heavy atom. The van der Waals surface area contributed by atoms with Crippen molar-refractivity contribution < 1.29 is 9.53 Å². The number of carbonyl (C=O) groups is 1. The van der Waals surface area contributed by atoms with Gasteiger partial charge >= 0.3 is 5.97 Å². The Bertz CT molecular complexity index is 309. The average Bonchev–Trinajstić information content (AvgIpc) is 2.27. The second-order valence-corrected chi connectivity index (χ2v) is 3.92. The van der Waals surface area contributed by atoms with Crippen LogP contribution in [0.4, 0.5) is 0 Å². The second-order valence-electron chi connectivity index (χ2n) is 3.92. The van der Waals surface area contributed by atoms with E-state index in [9.17, 15) is 4.79 Å². The van der Waals surface area contributed by atoms with Crippen LogP contribution < -0.4 is 0 Å². The lowest BCUT2D eigenvalue weighted by Crippen LogP contribution is -2.24. The highest BCUT2D eigenvalue weighted by molar-refractivity contribution is 5.91. The van der Waals surface area contributed by atoms with Crippen molar-refractivity contribution >= 4 is 5.97 Å². The van der Waals surface area contributed by atoms with Gasteiger partial charge in [0.15, 0.2) is 0 Å². The van der Waals surface area contributed by atoms with E-state index in [1.165, 1.54) is 6.20 Å². The van der Waals surface area contributed by atoms with Gasteiger partial charge in [-0.05, 0) is 32.9 Å². The number of hydrogen-bond donors (Lipinski definition) is 0. The number of azo groups is 1. The van der Waals surface area contributed by atoms with E-state index >= 15 is 0 Å². The fraction of sp³-hybridized carbons (Fsp3) is 0.500. The predicted octanol–water partition coefficient (Wildman–Crippen LogP) is 2.23. The summed E-state index contributed by atoms with van der Waals surface area (Å²) in [6.45, 7) is 5.92. The molecule has 1 heterocycles. The third kappa shape index (κ3) is 3.51. The molecular formula is C10H14N2O2. The van der Waals surface area contributed by atoms with Gasteiger partial charge in [0.2, 0.25) is 0 Å². The van der Waals surface area contributed by atoms with Crippen molar-refractivity contribution in [3.05, 3.63) is 23.9 Å². The second kappa shape index (κ2) is 4.17. The summed E-state index contributed by atoms with van der Waals surface area (Å²) in [6, 6.07) is 0. The van der Waals surface area contributed by atoms with Gasteiger partial charge in [0.25, 0.3) is 0 Å². The van der Waals surface area contributed by atoms with E-state index in [-0.39, 0.29) is 5.97 Å². The third-order valence-electron chi connectivity index (χ3n) is 1.43. The Balaban J connectivity index is 2.66. The normalized spacial score (nSPS) is 16.1. The van der Waals surface area contributed by atoms with Crippen molar-refractivity contribution in [1.82, 2.24) is 0 Å². The first-order chi connectivity index (χ1) is 6.49. The first-order valence-corrected chi connectivity index (χ1v) is 4.46. The predicted molar refractivity (Wildman–Crippen MR) is 52.8 cm³/mol. The summed E-state index contributed by atoms with van der Waals surface area (Å²) in [4.78, 5) is 11.5. The van der Waals surface area contributed by atoms with E-state index in [1.807, 2.05) is 20.8 Å². The molecule has 0 aromatic heterocycles. The first kappa shape index (κ1) is 10.6. The molecule has 0 radical (unpaired) electrons. The Hall–Kier alpha value is -1.45. The Labute approximate surface area is 83.4 Å². The molecule has 0 spiro atoms. The summed E-state index contributed by atoms with van der Waals surface area (Å²) in [5, 5.41) is 7.44. The number of carbonyl (C=O) groups excluding carboxylic acids is 1. The van der Waals surface area contributed by atoms with Crippen LogP contribution in [0.1, 0.15) is 20.8 Å². The van der Waals surface area contributed by atoms with Crippen LogP contribution >= 0.6 is 0 Å². The Morgan fingerprint density at radius 3 is 2.86 bits per heavy atom. The van der Waals surface area contributed by atoms with Crippen LogP contribution in [-0.4, -0.2) is 18.1 Å². The fourth-order valence-electron chi connectivity index (χ4n) is 0.904. The Morgan fingerprint density at radius 1 is 1.50 bits per heavy atom. The standard InChI is InChI=1S/C10H14N2O2/c1-10(2,3)14-9(13)8-4-6-11-12-7-5-8/h4-6H,7H2,1-3H3. The molecule has 0 aromatic rings. The van der Waals surface area contributed by atoms with E-state index < -0.39 is 5.60 Å². The minimum absolute atomic E-state index is 0.332. The van der Waals surface area contributed by atoms with E-state index in [0.29, 0.717) is 12.1 Å². The lowest BCUT2D eigenvalue weighted by Gasteiger charge is -2.19. The molecule has 4 heteroatoms. The number of esters is 1. The maximum absolute atomic E-state index is 11.5.